The summed E-state index contributed by atoms with van der Waals surface area (Å²) >= 11 is 0. The number of aromatic nitrogens is 2. The molecule has 1 saturated heterocycles. The molecule has 0 spiro atoms. The maximum absolute atomic E-state index is 14.6. The molecule has 1 unspecified atom stereocenters. The molecule has 2 N–H and O–H groups in total. The van der Waals surface area contributed by atoms with E-state index in [0.29, 0.717) is 29.7 Å². The van der Waals surface area contributed by atoms with Crippen LogP contribution in [0.4, 0.5) is 14.6 Å². The Morgan fingerprint density at radius 1 is 1.30 bits per heavy atom. The smallest absolute Gasteiger partial charge is 0.257 e. The molecular weight excluding hydrogens is 430 g/mol. The van der Waals surface area contributed by atoms with Crippen LogP contribution >= 0.6 is 0 Å². The zero-order valence-corrected chi connectivity index (χ0v) is 18.7. The van der Waals surface area contributed by atoms with E-state index in [1.807, 2.05) is 0 Å². The van der Waals surface area contributed by atoms with E-state index >= 15 is 0 Å². The topological polar surface area (TPSA) is 87.3 Å². The number of ether oxygens (including phenoxy) is 1. The summed E-state index contributed by atoms with van der Waals surface area (Å²) in [5, 5.41) is 2.76. The first kappa shape index (κ1) is 23.4. The SMILES string of the molecule is CC(C(=O)Nc1ccc(OCC2CCCC2)cn1)N1CCC(F)(F)[C@@H](c2ccc(=O)[nH]c2)C1. The van der Waals surface area contributed by atoms with Crippen LogP contribution in [-0.4, -0.2) is 52.4 Å². The van der Waals surface area contributed by atoms with Crippen molar-refractivity contribution in [3.63, 3.8) is 0 Å². The Morgan fingerprint density at radius 2 is 2.09 bits per heavy atom. The highest BCUT2D eigenvalue weighted by Crippen LogP contribution is 2.40. The molecule has 2 atom stereocenters. The van der Waals surface area contributed by atoms with Gasteiger partial charge in [-0.15, -0.1) is 0 Å². The molecule has 178 valence electrons. The third kappa shape index (κ3) is 5.76. The summed E-state index contributed by atoms with van der Waals surface area (Å²) < 4.78 is 35.0. The van der Waals surface area contributed by atoms with Crippen molar-refractivity contribution in [2.24, 2.45) is 5.92 Å². The number of alkyl halides is 2. The number of hydrogen-bond donors (Lipinski definition) is 2. The first-order valence-electron chi connectivity index (χ1n) is 11.5. The molecule has 2 fully saturated rings. The largest absolute Gasteiger partial charge is 0.492 e. The Bertz CT molecular complexity index is 985. The van der Waals surface area contributed by atoms with Crippen LogP contribution in [0.2, 0.25) is 0 Å². The standard InChI is InChI=1S/C24H30F2N4O3/c1-16(30-11-10-24(25,26)20(14-30)18-6-9-22(31)28-12-18)23(32)29-21-8-7-19(13-27-21)33-15-17-4-2-3-5-17/h6-9,12-13,16-17,20H,2-5,10-11,14-15H2,1H3,(H,28,31)(H,27,29,32)/t16?,20-/m1/s1. The first-order chi connectivity index (χ1) is 15.8. The van der Waals surface area contributed by atoms with E-state index in [0.717, 1.165) is 0 Å². The normalized spacial score (nSPS) is 22.1. The fourth-order valence-electron chi connectivity index (χ4n) is 4.59. The highest BCUT2D eigenvalue weighted by atomic mass is 19.3. The number of nitrogens with zero attached hydrogens (tertiary/aromatic N) is 2. The number of hydrogen-bond acceptors (Lipinski definition) is 5. The lowest BCUT2D eigenvalue weighted by Gasteiger charge is -2.40. The van der Waals surface area contributed by atoms with Crippen molar-refractivity contribution in [1.82, 2.24) is 14.9 Å². The quantitative estimate of drug-likeness (QED) is 0.657. The van der Waals surface area contributed by atoms with E-state index in [2.05, 4.69) is 15.3 Å². The summed E-state index contributed by atoms with van der Waals surface area (Å²) in [5.74, 6) is -2.68. The van der Waals surface area contributed by atoms with Gasteiger partial charge in [-0.05, 0) is 43.4 Å². The number of carbonyl (C=O) groups excluding carboxylic acids is 1. The second-order valence-corrected chi connectivity index (χ2v) is 9.05. The molecule has 3 heterocycles. The predicted molar refractivity (Wildman–Crippen MR) is 121 cm³/mol. The van der Waals surface area contributed by atoms with E-state index in [4.69, 9.17) is 4.74 Å². The number of anilines is 1. The summed E-state index contributed by atoms with van der Waals surface area (Å²) in [6.07, 6.45) is 7.47. The highest BCUT2D eigenvalue weighted by molar-refractivity contribution is 5.93. The van der Waals surface area contributed by atoms with Crippen molar-refractivity contribution in [2.75, 3.05) is 25.0 Å². The Morgan fingerprint density at radius 3 is 2.76 bits per heavy atom. The van der Waals surface area contributed by atoms with Crippen LogP contribution < -0.4 is 15.6 Å². The van der Waals surface area contributed by atoms with E-state index in [9.17, 15) is 18.4 Å². The van der Waals surface area contributed by atoms with Crippen molar-refractivity contribution in [1.29, 1.82) is 0 Å². The molecule has 0 bridgehead atoms. The fraction of sp³-hybridized carbons (Fsp3) is 0.542. The molecule has 9 heteroatoms. The van der Waals surface area contributed by atoms with Crippen molar-refractivity contribution in [3.05, 3.63) is 52.6 Å². The Hall–Kier alpha value is -2.81. The molecular formula is C24H30F2N4O3. The van der Waals surface area contributed by atoms with Gasteiger partial charge >= 0.3 is 0 Å². The van der Waals surface area contributed by atoms with Crippen molar-refractivity contribution >= 4 is 11.7 Å². The maximum Gasteiger partial charge on any atom is 0.257 e. The molecule has 0 radical (unpaired) electrons. The number of aromatic amines is 1. The van der Waals surface area contributed by atoms with Gasteiger partial charge in [0.25, 0.3) is 5.92 Å². The lowest BCUT2D eigenvalue weighted by Crippen LogP contribution is -2.52. The van der Waals surface area contributed by atoms with E-state index in [1.165, 1.54) is 44.0 Å². The molecule has 1 aliphatic heterocycles. The summed E-state index contributed by atoms with van der Waals surface area (Å²) in [5.41, 5.74) is 0.0108. The molecule has 33 heavy (non-hydrogen) atoms. The minimum Gasteiger partial charge on any atom is -0.492 e. The van der Waals surface area contributed by atoms with Crippen LogP contribution in [0.3, 0.4) is 0 Å². The highest BCUT2D eigenvalue weighted by Gasteiger charge is 2.46. The van der Waals surface area contributed by atoms with Crippen LogP contribution in [0.15, 0.2) is 41.5 Å². The third-order valence-corrected chi connectivity index (χ3v) is 6.75. The summed E-state index contributed by atoms with van der Waals surface area (Å²) in [6.45, 7) is 2.49. The molecule has 2 aromatic rings. The first-order valence-corrected chi connectivity index (χ1v) is 11.5. The monoisotopic (exact) mass is 460 g/mol. The average Bonchev–Trinajstić information content (AvgIpc) is 3.32. The van der Waals surface area contributed by atoms with Gasteiger partial charge < -0.3 is 15.0 Å². The molecule has 4 rings (SSSR count). The molecule has 2 aromatic heterocycles. The Balaban J connectivity index is 1.34. The van der Waals surface area contributed by atoms with Gasteiger partial charge in [-0.3, -0.25) is 14.5 Å². The van der Waals surface area contributed by atoms with Gasteiger partial charge in [-0.2, -0.15) is 0 Å². The average molecular weight is 461 g/mol. The Labute approximate surface area is 191 Å². The van der Waals surface area contributed by atoms with Crippen LogP contribution in [0.1, 0.15) is 50.5 Å². The lowest BCUT2D eigenvalue weighted by atomic mass is 9.87. The molecule has 0 aromatic carbocycles. The zero-order chi connectivity index (χ0) is 23.4. The van der Waals surface area contributed by atoms with Crippen molar-refractivity contribution in [3.8, 4) is 5.75 Å². The number of halogens is 2. The number of rotatable bonds is 7. The Kier molecular flexibility index (Phi) is 7.07. The van der Waals surface area contributed by atoms with Crippen LogP contribution in [0, 0.1) is 5.92 Å². The van der Waals surface area contributed by atoms with E-state index in [1.54, 1.807) is 30.2 Å². The lowest BCUT2D eigenvalue weighted by molar-refractivity contribution is -0.125. The van der Waals surface area contributed by atoms with E-state index < -0.39 is 17.9 Å². The number of amides is 1. The fourth-order valence-corrected chi connectivity index (χ4v) is 4.59. The maximum atomic E-state index is 14.6. The second kappa shape index (κ2) is 9.99. The van der Waals surface area contributed by atoms with Gasteiger partial charge in [0.15, 0.2) is 0 Å². The summed E-state index contributed by atoms with van der Waals surface area (Å²) in [4.78, 5) is 32.5. The second-order valence-electron chi connectivity index (χ2n) is 9.05. The molecule has 1 amide bonds. The van der Waals surface area contributed by atoms with Crippen LogP contribution in [0.5, 0.6) is 5.75 Å². The molecule has 1 aliphatic carbocycles. The summed E-state index contributed by atoms with van der Waals surface area (Å²) in [7, 11) is 0. The van der Waals surface area contributed by atoms with Gasteiger partial charge in [-0.25, -0.2) is 13.8 Å². The van der Waals surface area contributed by atoms with Gasteiger partial charge in [-0.1, -0.05) is 18.9 Å². The van der Waals surface area contributed by atoms with Crippen molar-refractivity contribution < 1.29 is 18.3 Å². The molecule has 7 nitrogen and oxygen atoms in total. The molecule has 2 aliphatic rings. The van der Waals surface area contributed by atoms with Gasteiger partial charge in [0.2, 0.25) is 11.5 Å². The number of likely N-dealkylation sites (tertiary alicyclic amines) is 1. The van der Waals surface area contributed by atoms with E-state index in [-0.39, 0.29) is 31.0 Å². The minimum atomic E-state index is -2.92. The number of piperidine rings is 1. The third-order valence-electron chi connectivity index (χ3n) is 6.75. The minimum absolute atomic E-state index is 0.00893. The van der Waals surface area contributed by atoms with Gasteiger partial charge in [0.05, 0.1) is 24.8 Å². The number of nitrogens with one attached hydrogen (secondary N) is 2. The van der Waals surface area contributed by atoms with Crippen molar-refractivity contribution in [2.45, 2.75) is 56.9 Å². The van der Waals surface area contributed by atoms with Crippen LogP contribution in [-0.2, 0) is 4.79 Å². The molecule has 1 saturated carbocycles. The number of pyridine rings is 2. The number of H-pyrrole nitrogens is 1. The van der Waals surface area contributed by atoms with Crippen LogP contribution in [0.25, 0.3) is 0 Å². The van der Waals surface area contributed by atoms with Gasteiger partial charge in [0.1, 0.15) is 11.6 Å². The van der Waals surface area contributed by atoms with Gasteiger partial charge in [0, 0.05) is 31.8 Å². The zero-order valence-electron chi connectivity index (χ0n) is 18.7. The summed E-state index contributed by atoms with van der Waals surface area (Å²) in [6, 6.07) is 5.50. The predicted octanol–water partition coefficient (Wildman–Crippen LogP) is 3.79. The number of carbonyl (C=O) groups is 1.